The Labute approximate surface area is 142 Å². The molecule has 0 aromatic carbocycles. The van der Waals surface area contributed by atoms with Crippen LogP contribution in [0.25, 0.3) is 0 Å². The molecule has 6 N–H and O–H groups in total. The molecular formula is C13H23NO11. The molecule has 0 spiro atoms. The van der Waals surface area contributed by atoms with Gasteiger partial charge in [0.15, 0.2) is 6.29 Å². The quantitative estimate of drug-likeness (QED) is 0.251. The van der Waals surface area contributed by atoms with Crippen molar-refractivity contribution in [1.82, 2.24) is 0 Å². The summed E-state index contributed by atoms with van der Waals surface area (Å²) in [5.41, 5.74) is 0. The van der Waals surface area contributed by atoms with Crippen molar-refractivity contribution in [2.24, 2.45) is 5.18 Å². The lowest BCUT2D eigenvalue weighted by atomic mass is 9.96. The summed E-state index contributed by atoms with van der Waals surface area (Å²) >= 11 is 0. The molecule has 0 bridgehead atoms. The minimum absolute atomic E-state index is 0.547. The van der Waals surface area contributed by atoms with Gasteiger partial charge < -0.3 is 49.6 Å². The molecule has 2 aliphatic rings. The van der Waals surface area contributed by atoms with E-state index < -0.39 is 74.6 Å². The van der Waals surface area contributed by atoms with Crippen molar-refractivity contribution in [2.75, 3.05) is 20.3 Å². The van der Waals surface area contributed by atoms with E-state index in [-0.39, 0.29) is 0 Å². The van der Waals surface area contributed by atoms with Crippen molar-refractivity contribution in [3.8, 4) is 0 Å². The summed E-state index contributed by atoms with van der Waals surface area (Å²) in [7, 11) is 1.26. The fourth-order valence-electron chi connectivity index (χ4n) is 2.93. The molecule has 12 heteroatoms. The Morgan fingerprint density at radius 1 is 0.880 bits per heavy atom. The third kappa shape index (κ3) is 3.98. The van der Waals surface area contributed by atoms with Gasteiger partial charge in [0.2, 0.25) is 6.23 Å². The van der Waals surface area contributed by atoms with Gasteiger partial charge in [-0.1, -0.05) is 0 Å². The van der Waals surface area contributed by atoms with Crippen LogP contribution >= 0.6 is 0 Å². The first-order chi connectivity index (χ1) is 11.9. The van der Waals surface area contributed by atoms with E-state index >= 15 is 0 Å². The van der Waals surface area contributed by atoms with Crippen molar-refractivity contribution in [1.29, 1.82) is 0 Å². The normalized spacial score (nSPS) is 48.3. The predicted octanol–water partition coefficient (Wildman–Crippen LogP) is -3.97. The second-order valence-corrected chi connectivity index (χ2v) is 5.84. The van der Waals surface area contributed by atoms with E-state index in [1.165, 1.54) is 7.11 Å². The molecular weight excluding hydrogens is 346 g/mol. The molecule has 2 aliphatic heterocycles. The lowest BCUT2D eigenvalue weighted by molar-refractivity contribution is -0.343. The van der Waals surface area contributed by atoms with Crippen LogP contribution in [-0.4, -0.2) is 112 Å². The van der Waals surface area contributed by atoms with Gasteiger partial charge in [-0.3, -0.25) is 0 Å². The largest absolute Gasteiger partial charge is 0.394 e. The van der Waals surface area contributed by atoms with Crippen LogP contribution in [0.5, 0.6) is 0 Å². The Morgan fingerprint density at radius 2 is 1.44 bits per heavy atom. The number of methoxy groups -OCH3 is 1. The Hall–Kier alpha value is -0.800. The molecule has 10 unspecified atom stereocenters. The Kier molecular flexibility index (Phi) is 7.16. The molecule has 0 saturated carbocycles. The van der Waals surface area contributed by atoms with Crippen molar-refractivity contribution >= 4 is 0 Å². The fourth-order valence-corrected chi connectivity index (χ4v) is 2.93. The monoisotopic (exact) mass is 369 g/mol. The summed E-state index contributed by atoms with van der Waals surface area (Å²) in [6, 6.07) is 0. The SMILES string of the molecule is COC1C(CO)OC(OC2C(CO)OC(N=O)C(O)C2O)C(O)C1O. The summed E-state index contributed by atoms with van der Waals surface area (Å²) < 4.78 is 20.7. The van der Waals surface area contributed by atoms with Crippen LogP contribution in [0.1, 0.15) is 0 Å². The molecule has 10 atom stereocenters. The summed E-state index contributed by atoms with van der Waals surface area (Å²) in [6.07, 6.45) is -14.3. The van der Waals surface area contributed by atoms with E-state index in [1.807, 2.05) is 0 Å². The van der Waals surface area contributed by atoms with Gasteiger partial charge in [0.1, 0.15) is 48.8 Å². The van der Waals surface area contributed by atoms with E-state index in [1.54, 1.807) is 0 Å². The topological polar surface area (TPSA) is 188 Å². The second kappa shape index (κ2) is 8.73. The minimum atomic E-state index is -1.73. The van der Waals surface area contributed by atoms with Crippen LogP contribution in [0.3, 0.4) is 0 Å². The van der Waals surface area contributed by atoms with Gasteiger partial charge in [-0.2, -0.15) is 0 Å². The van der Waals surface area contributed by atoms with E-state index in [2.05, 4.69) is 5.18 Å². The van der Waals surface area contributed by atoms with Gasteiger partial charge in [0, 0.05) is 7.11 Å². The zero-order valence-electron chi connectivity index (χ0n) is 13.4. The molecule has 0 radical (unpaired) electrons. The maximum Gasteiger partial charge on any atom is 0.218 e. The zero-order valence-corrected chi connectivity index (χ0v) is 13.4. The number of ether oxygens (including phenoxy) is 4. The van der Waals surface area contributed by atoms with E-state index in [0.717, 1.165) is 0 Å². The van der Waals surface area contributed by atoms with Crippen LogP contribution < -0.4 is 0 Å². The fraction of sp³-hybridized carbons (Fsp3) is 1.00. The molecule has 2 fully saturated rings. The number of aliphatic hydroxyl groups excluding tert-OH is 6. The highest BCUT2D eigenvalue weighted by Crippen LogP contribution is 2.29. The summed E-state index contributed by atoms with van der Waals surface area (Å²) in [5, 5.41) is 61.3. The molecule has 0 aliphatic carbocycles. The van der Waals surface area contributed by atoms with Crippen LogP contribution in [0, 0.1) is 4.91 Å². The molecule has 2 saturated heterocycles. The van der Waals surface area contributed by atoms with Crippen molar-refractivity contribution < 1.29 is 49.6 Å². The number of hydrogen-bond donors (Lipinski definition) is 6. The van der Waals surface area contributed by atoms with Gasteiger partial charge in [-0.25, -0.2) is 0 Å². The van der Waals surface area contributed by atoms with E-state index in [9.17, 15) is 35.5 Å². The average molecular weight is 369 g/mol. The van der Waals surface area contributed by atoms with E-state index in [0.29, 0.717) is 0 Å². The van der Waals surface area contributed by atoms with Gasteiger partial charge in [-0.15, -0.1) is 4.91 Å². The number of rotatable bonds is 6. The highest BCUT2D eigenvalue weighted by molar-refractivity contribution is 4.95. The standard InChI is InChI=1S/C13H23NO11/c1-22-10-4(2-15)24-13(9(20)7(10)18)25-11-5(3-16)23-12(14-21)8(19)6(11)17/h4-13,15-20H,2-3H2,1H3. The second-order valence-electron chi connectivity index (χ2n) is 5.84. The highest BCUT2D eigenvalue weighted by atomic mass is 16.7. The van der Waals surface area contributed by atoms with Crippen molar-refractivity contribution in [3.63, 3.8) is 0 Å². The molecule has 12 nitrogen and oxygen atoms in total. The summed E-state index contributed by atoms with van der Waals surface area (Å²) in [5.74, 6) is 0. The van der Waals surface area contributed by atoms with Crippen LogP contribution in [-0.2, 0) is 18.9 Å². The number of nitrogens with zero attached hydrogens (tertiary/aromatic N) is 1. The predicted molar refractivity (Wildman–Crippen MR) is 77.0 cm³/mol. The summed E-state index contributed by atoms with van der Waals surface area (Å²) in [4.78, 5) is 10.6. The Balaban J connectivity index is 2.14. The average Bonchev–Trinajstić information content (AvgIpc) is 2.62. The van der Waals surface area contributed by atoms with Crippen LogP contribution in [0.4, 0.5) is 0 Å². The number of nitroso groups, excluding NO2 is 1. The third-order valence-corrected chi connectivity index (χ3v) is 4.33. The number of aliphatic hydroxyl groups is 6. The zero-order chi connectivity index (χ0) is 18.7. The first kappa shape index (κ1) is 20.5. The first-order valence-electron chi connectivity index (χ1n) is 7.65. The smallest absolute Gasteiger partial charge is 0.218 e. The van der Waals surface area contributed by atoms with Gasteiger partial charge >= 0.3 is 0 Å². The van der Waals surface area contributed by atoms with Gasteiger partial charge in [0.25, 0.3) is 0 Å². The molecule has 0 aromatic rings. The molecule has 146 valence electrons. The van der Waals surface area contributed by atoms with Crippen molar-refractivity contribution in [3.05, 3.63) is 4.91 Å². The third-order valence-electron chi connectivity index (χ3n) is 4.33. The molecule has 2 rings (SSSR count). The maximum atomic E-state index is 10.6. The lowest BCUT2D eigenvalue weighted by Gasteiger charge is -2.45. The molecule has 25 heavy (non-hydrogen) atoms. The lowest BCUT2D eigenvalue weighted by Crippen LogP contribution is -2.64. The molecule has 0 aromatic heterocycles. The first-order valence-corrected chi connectivity index (χ1v) is 7.65. The molecule has 0 amide bonds. The number of hydrogen-bond acceptors (Lipinski definition) is 12. The van der Waals surface area contributed by atoms with E-state index in [4.69, 9.17) is 18.9 Å². The highest BCUT2D eigenvalue weighted by Gasteiger charge is 2.51. The van der Waals surface area contributed by atoms with Crippen molar-refractivity contribution in [2.45, 2.75) is 61.3 Å². The van der Waals surface area contributed by atoms with Crippen LogP contribution in [0.15, 0.2) is 5.18 Å². The maximum absolute atomic E-state index is 10.6. The molecule has 2 heterocycles. The minimum Gasteiger partial charge on any atom is -0.394 e. The Bertz CT molecular complexity index is 436. The Morgan fingerprint density at radius 3 is 1.96 bits per heavy atom. The van der Waals surface area contributed by atoms with Crippen LogP contribution in [0.2, 0.25) is 0 Å². The van der Waals surface area contributed by atoms with Gasteiger partial charge in [-0.05, 0) is 5.18 Å². The summed E-state index contributed by atoms with van der Waals surface area (Å²) in [6.45, 7) is -1.23. The van der Waals surface area contributed by atoms with Gasteiger partial charge in [0.05, 0.1) is 13.2 Å².